The smallest absolute Gasteiger partial charge is 0.243 e. The molecule has 0 aliphatic carbocycles. The maximum atomic E-state index is 14.8. The zero-order valence-corrected chi connectivity index (χ0v) is 44.5. The number of halogens is 1. The summed E-state index contributed by atoms with van der Waals surface area (Å²) in [6.45, 7) is 6.77. The van der Waals surface area contributed by atoms with Gasteiger partial charge < -0.3 is 64.5 Å². The molecule has 8 amide bonds. The second-order valence-electron chi connectivity index (χ2n) is 19.4. The van der Waals surface area contributed by atoms with Crippen LogP contribution in [-0.4, -0.2) is 112 Å². The lowest BCUT2D eigenvalue weighted by Crippen LogP contribution is -2.61. The van der Waals surface area contributed by atoms with Gasteiger partial charge >= 0.3 is 0 Å². The van der Waals surface area contributed by atoms with Crippen LogP contribution in [0, 0.1) is 5.92 Å². The van der Waals surface area contributed by atoms with Crippen LogP contribution in [0.4, 0.5) is 0 Å². The summed E-state index contributed by atoms with van der Waals surface area (Å²) in [5.41, 5.74) is 21.1. The van der Waals surface area contributed by atoms with Gasteiger partial charge in [-0.15, -0.1) is 0 Å². The number of nitrogens with two attached hydrogens (primary N) is 3. The number of nitrogens with one attached hydrogen (secondary N) is 8. The van der Waals surface area contributed by atoms with Gasteiger partial charge in [0.05, 0.1) is 6.04 Å². The Morgan fingerprint density at radius 3 is 1.70 bits per heavy atom. The summed E-state index contributed by atoms with van der Waals surface area (Å²) in [5.74, 6) is -6.30. The molecule has 4 aromatic carbocycles. The number of H-pyrrole nitrogens is 1. The van der Waals surface area contributed by atoms with Crippen molar-refractivity contribution in [3.05, 3.63) is 137 Å². The second kappa shape index (κ2) is 29.5. The summed E-state index contributed by atoms with van der Waals surface area (Å²) in [5, 5.41) is 30.4. The molecular weight excluding hydrogens is 1010 g/mol. The fourth-order valence-electron chi connectivity index (χ4n) is 8.51. The highest BCUT2D eigenvalue weighted by Gasteiger charge is 2.35. The van der Waals surface area contributed by atoms with Crippen molar-refractivity contribution < 1.29 is 43.5 Å². The van der Waals surface area contributed by atoms with Crippen LogP contribution in [0.3, 0.4) is 0 Å². The first kappa shape index (κ1) is 60.1. The molecule has 0 saturated heterocycles. The first-order chi connectivity index (χ1) is 36.8. The van der Waals surface area contributed by atoms with E-state index in [1.165, 1.54) is 19.1 Å². The van der Waals surface area contributed by atoms with Crippen LogP contribution in [0.15, 0.2) is 109 Å². The first-order valence-corrected chi connectivity index (χ1v) is 26.1. The minimum atomic E-state index is -1.37. The van der Waals surface area contributed by atoms with E-state index in [1.54, 1.807) is 87.6 Å². The Bertz CT molecular complexity index is 2790. The number of carbonyl (C=O) groups is 8. The number of unbranched alkanes of at least 4 members (excludes halogenated alkanes) is 1. The Morgan fingerprint density at radius 1 is 0.558 bits per heavy atom. The molecule has 0 aliphatic heterocycles. The number of primary amides is 1. The lowest BCUT2D eigenvalue weighted by Gasteiger charge is -2.28. The van der Waals surface area contributed by atoms with Crippen LogP contribution < -0.4 is 54.4 Å². The molecule has 77 heavy (non-hydrogen) atoms. The number of rotatable bonds is 29. The standard InChI is InChI=1S/C56H72ClN11O9/c1-5-42(63-51(72)41(59)27-35-18-22-38(57)23-19-35)52(73)66-46(29-36-20-24-39(69)25-21-36)54(75)67-47(30-37-31-61-43-16-10-9-15-40(37)43)55(76)64-44(17-11-12-26-58)53(74)68-48(32(2)3)56(77)62-33(4)50(71)65-45(49(60)70)28-34-13-7-6-8-14-34/h6-10,13-16,18-25,31-33,41-42,44-48,61,69H,5,11-12,17,26-30,58-59H2,1-4H3,(H2,60,70)(H,62,77)(H,63,72)(H,64,76)(H,65,71)(H,66,73)(H,67,75)(H,68,74)/t33-,41+,42-,44-,45+,46-,47+,48-/m0/s1. The predicted molar refractivity (Wildman–Crippen MR) is 294 cm³/mol. The highest BCUT2D eigenvalue weighted by atomic mass is 35.5. The lowest BCUT2D eigenvalue weighted by atomic mass is 9.99. The van der Waals surface area contributed by atoms with Crippen molar-refractivity contribution in [2.75, 3.05) is 6.54 Å². The fourth-order valence-corrected chi connectivity index (χ4v) is 8.64. The van der Waals surface area contributed by atoms with Crippen LogP contribution in [0.5, 0.6) is 5.75 Å². The molecule has 1 heterocycles. The number of phenolic OH excluding ortho intramolecular Hbond substituents is 1. The van der Waals surface area contributed by atoms with Crippen molar-refractivity contribution in [3.8, 4) is 5.75 Å². The monoisotopic (exact) mass is 1080 g/mol. The normalized spacial score (nSPS) is 14.3. The highest BCUT2D eigenvalue weighted by molar-refractivity contribution is 6.30. The Kier molecular flexibility index (Phi) is 23.0. The van der Waals surface area contributed by atoms with Crippen molar-refractivity contribution in [1.82, 2.24) is 42.2 Å². The number of hydrogen-bond acceptors (Lipinski definition) is 11. The van der Waals surface area contributed by atoms with Crippen LogP contribution in [0.2, 0.25) is 5.02 Å². The third-order valence-electron chi connectivity index (χ3n) is 13.0. The van der Waals surface area contributed by atoms with Gasteiger partial charge in [-0.25, -0.2) is 0 Å². The number of aromatic hydroxyl groups is 1. The van der Waals surface area contributed by atoms with Gasteiger partial charge in [-0.2, -0.15) is 0 Å². The molecule has 0 unspecified atom stereocenters. The number of phenols is 1. The molecule has 412 valence electrons. The molecule has 0 saturated carbocycles. The quantitative estimate of drug-likeness (QED) is 0.0308. The zero-order chi connectivity index (χ0) is 56.2. The third-order valence-corrected chi connectivity index (χ3v) is 13.3. The summed E-state index contributed by atoms with van der Waals surface area (Å²) >= 11 is 6.02. The molecule has 8 atom stereocenters. The van der Waals surface area contributed by atoms with Gasteiger partial charge in [0.2, 0.25) is 47.3 Å². The van der Waals surface area contributed by atoms with E-state index in [-0.39, 0.29) is 50.8 Å². The SMILES string of the molecule is CC[C@H](NC(=O)[C@H](N)Cc1ccc(Cl)cc1)C(=O)N[C@@H](Cc1ccc(O)cc1)C(=O)N[C@H](Cc1c[nH]c2ccccc12)C(=O)N[C@@H](CCCCN)C(=O)N[C@H](C(=O)N[C@@H](C)C(=O)N[C@H](Cc1ccccc1)C(N)=O)C(C)C. The van der Waals surface area contributed by atoms with Crippen molar-refractivity contribution in [1.29, 1.82) is 0 Å². The molecule has 0 radical (unpaired) electrons. The number of benzene rings is 4. The van der Waals surface area contributed by atoms with E-state index in [9.17, 15) is 43.5 Å². The van der Waals surface area contributed by atoms with Crippen molar-refractivity contribution in [2.24, 2.45) is 23.1 Å². The van der Waals surface area contributed by atoms with E-state index >= 15 is 0 Å². The van der Waals surface area contributed by atoms with Crippen molar-refractivity contribution in [3.63, 3.8) is 0 Å². The summed E-state index contributed by atoms with van der Waals surface area (Å²) in [6, 6.07) is 19.6. The van der Waals surface area contributed by atoms with Crippen molar-refractivity contribution >= 4 is 69.8 Å². The van der Waals surface area contributed by atoms with Gasteiger partial charge in [0, 0.05) is 41.4 Å². The average Bonchev–Trinajstić information content (AvgIpc) is 3.82. The van der Waals surface area contributed by atoms with Crippen LogP contribution in [0.25, 0.3) is 10.9 Å². The molecule has 21 heteroatoms. The second-order valence-corrected chi connectivity index (χ2v) is 19.9. The van der Waals surface area contributed by atoms with Crippen molar-refractivity contribution in [2.45, 2.75) is 127 Å². The molecule has 0 spiro atoms. The van der Waals surface area contributed by atoms with Gasteiger partial charge in [0.1, 0.15) is 48.0 Å². The number of aromatic nitrogens is 1. The van der Waals surface area contributed by atoms with E-state index in [0.29, 0.717) is 29.0 Å². The number of fused-ring (bicyclic) bond motifs is 1. The maximum Gasteiger partial charge on any atom is 0.243 e. The van der Waals surface area contributed by atoms with E-state index < -0.39 is 102 Å². The van der Waals surface area contributed by atoms with Gasteiger partial charge in [0.15, 0.2) is 0 Å². The number of hydrogen-bond donors (Lipinski definition) is 12. The van der Waals surface area contributed by atoms with Gasteiger partial charge in [0.25, 0.3) is 0 Å². The van der Waals surface area contributed by atoms with E-state index in [0.717, 1.165) is 22.0 Å². The summed E-state index contributed by atoms with van der Waals surface area (Å²) in [6.07, 6.45) is 2.86. The molecule has 20 nitrogen and oxygen atoms in total. The third kappa shape index (κ3) is 18.5. The van der Waals surface area contributed by atoms with Gasteiger partial charge in [-0.05, 0) is 104 Å². The molecular formula is C56H72ClN11O9. The molecule has 15 N–H and O–H groups in total. The van der Waals surface area contributed by atoms with E-state index in [2.05, 4.69) is 42.2 Å². The average molecular weight is 1080 g/mol. The number of aromatic amines is 1. The Balaban J connectivity index is 1.37. The summed E-state index contributed by atoms with van der Waals surface area (Å²) in [4.78, 5) is 114. The minimum absolute atomic E-state index is 0.0322. The number of para-hydroxylation sites is 1. The predicted octanol–water partition coefficient (Wildman–Crippen LogP) is 2.22. The molecule has 0 fully saturated rings. The molecule has 0 bridgehead atoms. The largest absolute Gasteiger partial charge is 0.508 e. The zero-order valence-electron chi connectivity index (χ0n) is 43.8. The van der Waals surface area contributed by atoms with Crippen LogP contribution in [0.1, 0.15) is 75.6 Å². The summed E-state index contributed by atoms with van der Waals surface area (Å²) < 4.78 is 0. The molecule has 5 aromatic rings. The number of amides is 8. The van der Waals surface area contributed by atoms with Crippen LogP contribution >= 0.6 is 11.6 Å². The fraction of sp³-hybridized carbons (Fsp3) is 0.393. The van der Waals surface area contributed by atoms with Crippen LogP contribution in [-0.2, 0) is 64.0 Å². The van der Waals surface area contributed by atoms with Gasteiger partial charge in [-0.1, -0.05) is 105 Å². The molecule has 0 aliphatic rings. The topological polar surface area (TPSA) is 335 Å². The maximum absolute atomic E-state index is 14.8. The first-order valence-electron chi connectivity index (χ1n) is 25.8. The Labute approximate surface area is 453 Å². The Morgan fingerprint density at radius 2 is 1.08 bits per heavy atom. The lowest BCUT2D eigenvalue weighted by molar-refractivity contribution is -0.136. The van der Waals surface area contributed by atoms with E-state index in [4.69, 9.17) is 28.8 Å². The number of carbonyl (C=O) groups excluding carboxylic acids is 8. The van der Waals surface area contributed by atoms with Gasteiger partial charge in [-0.3, -0.25) is 38.4 Å². The molecule has 1 aromatic heterocycles. The van der Waals surface area contributed by atoms with E-state index in [1.807, 2.05) is 30.3 Å². The molecule has 5 rings (SSSR count). The minimum Gasteiger partial charge on any atom is -0.508 e. The Hall–Kier alpha value is -7.81. The summed E-state index contributed by atoms with van der Waals surface area (Å²) in [7, 11) is 0. The highest BCUT2D eigenvalue weighted by Crippen LogP contribution is 2.20.